The van der Waals surface area contributed by atoms with Crippen LogP contribution in [-0.2, 0) is 0 Å². The summed E-state index contributed by atoms with van der Waals surface area (Å²) in [4.78, 5) is 40.1. The number of ether oxygens (including phenoxy) is 1. The standard InChI is InChI=1S/C21H21N3O4/c1-4-28-17-9-7-16(8-10-17)24-20(26)18(12-22-21(24)27)19(25)23-15-6-5-13(2)14(3)11-15/h5-12H,4H2,1-3H3,(H,22,27)(H,23,25). The van der Waals surface area contributed by atoms with Gasteiger partial charge in [-0.2, -0.15) is 0 Å². The van der Waals surface area contributed by atoms with Crippen LogP contribution in [0.5, 0.6) is 5.75 Å². The summed E-state index contributed by atoms with van der Waals surface area (Å²) in [6.45, 7) is 6.27. The van der Waals surface area contributed by atoms with E-state index in [1.165, 1.54) is 0 Å². The fraction of sp³-hybridized carbons (Fsp3) is 0.190. The molecule has 1 heterocycles. The summed E-state index contributed by atoms with van der Waals surface area (Å²) in [5.74, 6) is 0.0311. The average molecular weight is 379 g/mol. The highest BCUT2D eigenvalue weighted by molar-refractivity contribution is 6.03. The van der Waals surface area contributed by atoms with Crippen molar-refractivity contribution in [2.75, 3.05) is 11.9 Å². The number of H-pyrrole nitrogens is 1. The molecule has 0 fully saturated rings. The molecular weight excluding hydrogens is 358 g/mol. The number of aromatic nitrogens is 2. The highest BCUT2D eigenvalue weighted by Gasteiger charge is 2.16. The molecule has 2 aromatic carbocycles. The van der Waals surface area contributed by atoms with Gasteiger partial charge in [-0.15, -0.1) is 0 Å². The lowest BCUT2D eigenvalue weighted by Gasteiger charge is -2.10. The molecule has 0 spiro atoms. The van der Waals surface area contributed by atoms with Crippen molar-refractivity contribution < 1.29 is 9.53 Å². The third-order valence-corrected chi connectivity index (χ3v) is 4.39. The van der Waals surface area contributed by atoms with Gasteiger partial charge >= 0.3 is 5.69 Å². The van der Waals surface area contributed by atoms with Crippen LogP contribution in [0.1, 0.15) is 28.4 Å². The van der Waals surface area contributed by atoms with Crippen LogP contribution in [0.4, 0.5) is 5.69 Å². The lowest BCUT2D eigenvalue weighted by molar-refractivity contribution is 0.102. The number of carbonyl (C=O) groups is 1. The Labute approximate surface area is 161 Å². The van der Waals surface area contributed by atoms with Gasteiger partial charge in [0.15, 0.2) is 0 Å². The summed E-state index contributed by atoms with van der Waals surface area (Å²) in [6.07, 6.45) is 1.13. The lowest BCUT2D eigenvalue weighted by atomic mass is 10.1. The number of hydrogen-bond acceptors (Lipinski definition) is 4. The van der Waals surface area contributed by atoms with Crippen molar-refractivity contribution >= 4 is 11.6 Å². The number of aryl methyl sites for hydroxylation is 2. The molecule has 7 nitrogen and oxygen atoms in total. The van der Waals surface area contributed by atoms with Crippen molar-refractivity contribution in [1.29, 1.82) is 0 Å². The molecule has 3 rings (SSSR count). The van der Waals surface area contributed by atoms with E-state index in [-0.39, 0.29) is 5.56 Å². The van der Waals surface area contributed by atoms with Crippen LogP contribution in [0.25, 0.3) is 5.69 Å². The van der Waals surface area contributed by atoms with E-state index in [1.54, 1.807) is 30.3 Å². The molecule has 144 valence electrons. The van der Waals surface area contributed by atoms with Crippen molar-refractivity contribution in [1.82, 2.24) is 9.55 Å². The highest BCUT2D eigenvalue weighted by Crippen LogP contribution is 2.15. The van der Waals surface area contributed by atoms with Crippen molar-refractivity contribution in [2.45, 2.75) is 20.8 Å². The van der Waals surface area contributed by atoms with Crippen molar-refractivity contribution in [2.24, 2.45) is 0 Å². The molecule has 0 saturated heterocycles. The smallest absolute Gasteiger partial charge is 0.333 e. The van der Waals surface area contributed by atoms with Crippen molar-refractivity contribution in [3.63, 3.8) is 0 Å². The zero-order chi connectivity index (χ0) is 20.3. The van der Waals surface area contributed by atoms with Gasteiger partial charge in [0.05, 0.1) is 12.3 Å². The molecule has 0 aliphatic heterocycles. The average Bonchev–Trinajstić information content (AvgIpc) is 2.66. The summed E-state index contributed by atoms with van der Waals surface area (Å²) >= 11 is 0. The Bertz CT molecular complexity index is 1130. The maximum Gasteiger partial charge on any atom is 0.333 e. The molecule has 1 aromatic heterocycles. The Hall–Kier alpha value is -3.61. The minimum atomic E-state index is -0.700. The van der Waals surface area contributed by atoms with E-state index >= 15 is 0 Å². The molecule has 7 heteroatoms. The normalized spacial score (nSPS) is 10.5. The van der Waals surface area contributed by atoms with Crippen LogP contribution in [0.15, 0.2) is 58.3 Å². The summed E-state index contributed by atoms with van der Waals surface area (Å²) in [5, 5.41) is 2.70. The van der Waals surface area contributed by atoms with Gasteiger partial charge in [0, 0.05) is 11.9 Å². The van der Waals surface area contributed by atoms with Gasteiger partial charge in [0.25, 0.3) is 11.5 Å². The van der Waals surface area contributed by atoms with Crippen LogP contribution < -0.4 is 21.3 Å². The molecule has 2 N–H and O–H groups in total. The minimum absolute atomic E-state index is 0.160. The number of carbonyl (C=O) groups excluding carboxylic acids is 1. The number of aromatic amines is 1. The summed E-state index contributed by atoms with van der Waals surface area (Å²) in [5.41, 5.74) is 1.55. The molecule has 0 unspecified atom stereocenters. The third-order valence-electron chi connectivity index (χ3n) is 4.39. The lowest BCUT2D eigenvalue weighted by Crippen LogP contribution is -2.38. The fourth-order valence-electron chi connectivity index (χ4n) is 2.75. The maximum atomic E-state index is 12.8. The third kappa shape index (κ3) is 3.88. The first kappa shape index (κ1) is 19.2. The monoisotopic (exact) mass is 379 g/mol. The number of nitrogens with one attached hydrogen (secondary N) is 2. The number of nitrogens with zero attached hydrogens (tertiary/aromatic N) is 1. The zero-order valence-electron chi connectivity index (χ0n) is 15.9. The SMILES string of the molecule is CCOc1ccc(-n2c(=O)[nH]cc(C(=O)Nc3ccc(C)c(C)c3)c2=O)cc1. The molecule has 0 bridgehead atoms. The number of amides is 1. The van der Waals surface area contributed by atoms with Crippen LogP contribution in [0, 0.1) is 13.8 Å². The quantitative estimate of drug-likeness (QED) is 0.713. The van der Waals surface area contributed by atoms with E-state index in [2.05, 4.69) is 10.3 Å². The molecule has 0 saturated carbocycles. The Morgan fingerprint density at radius 2 is 1.79 bits per heavy atom. The second-order valence-electron chi connectivity index (χ2n) is 6.33. The van der Waals surface area contributed by atoms with Crippen molar-refractivity contribution in [3.8, 4) is 11.4 Å². The van der Waals surface area contributed by atoms with E-state index < -0.39 is 17.2 Å². The molecule has 0 aliphatic carbocycles. The predicted octanol–water partition coefficient (Wildman–Crippen LogP) is 2.79. The van der Waals surface area contributed by atoms with Crippen LogP contribution in [-0.4, -0.2) is 22.1 Å². The Morgan fingerprint density at radius 1 is 1.07 bits per heavy atom. The second kappa shape index (κ2) is 7.96. The first-order chi connectivity index (χ1) is 13.4. The largest absolute Gasteiger partial charge is 0.494 e. The number of anilines is 1. The first-order valence-corrected chi connectivity index (χ1v) is 8.87. The van der Waals surface area contributed by atoms with Gasteiger partial charge in [-0.3, -0.25) is 9.59 Å². The molecule has 28 heavy (non-hydrogen) atoms. The van der Waals surface area contributed by atoms with Gasteiger partial charge in [-0.05, 0) is 68.3 Å². The maximum absolute atomic E-state index is 12.8. The van der Waals surface area contributed by atoms with E-state index in [1.807, 2.05) is 32.9 Å². The molecule has 0 atom stereocenters. The van der Waals surface area contributed by atoms with Gasteiger partial charge in [-0.1, -0.05) is 6.07 Å². The summed E-state index contributed by atoms with van der Waals surface area (Å²) in [6, 6.07) is 12.0. The molecule has 0 aliphatic rings. The van der Waals surface area contributed by atoms with Crippen LogP contribution >= 0.6 is 0 Å². The Morgan fingerprint density at radius 3 is 2.43 bits per heavy atom. The van der Waals surface area contributed by atoms with E-state index in [0.717, 1.165) is 21.9 Å². The zero-order valence-corrected chi connectivity index (χ0v) is 15.9. The number of hydrogen-bond donors (Lipinski definition) is 2. The van der Waals surface area contributed by atoms with Gasteiger partial charge in [-0.25, -0.2) is 9.36 Å². The Balaban J connectivity index is 1.96. The predicted molar refractivity (Wildman–Crippen MR) is 108 cm³/mol. The summed E-state index contributed by atoms with van der Waals surface area (Å²) < 4.78 is 6.29. The minimum Gasteiger partial charge on any atom is -0.494 e. The molecular formula is C21H21N3O4. The van der Waals surface area contributed by atoms with Gasteiger partial charge < -0.3 is 15.0 Å². The van der Waals surface area contributed by atoms with Gasteiger partial charge in [0.1, 0.15) is 11.3 Å². The molecule has 1 amide bonds. The van der Waals surface area contributed by atoms with Crippen molar-refractivity contribution in [3.05, 3.63) is 86.2 Å². The van der Waals surface area contributed by atoms with Gasteiger partial charge in [0.2, 0.25) is 0 Å². The second-order valence-corrected chi connectivity index (χ2v) is 6.33. The highest BCUT2D eigenvalue weighted by atomic mass is 16.5. The Kier molecular flexibility index (Phi) is 5.44. The molecule has 3 aromatic rings. The van der Waals surface area contributed by atoms with E-state index in [9.17, 15) is 14.4 Å². The fourth-order valence-corrected chi connectivity index (χ4v) is 2.75. The van der Waals surface area contributed by atoms with Crippen LogP contribution in [0.3, 0.4) is 0 Å². The van der Waals surface area contributed by atoms with E-state index in [4.69, 9.17) is 4.74 Å². The summed E-state index contributed by atoms with van der Waals surface area (Å²) in [7, 11) is 0. The number of rotatable bonds is 5. The molecule has 0 radical (unpaired) electrons. The van der Waals surface area contributed by atoms with E-state index in [0.29, 0.717) is 23.7 Å². The first-order valence-electron chi connectivity index (χ1n) is 8.87. The topological polar surface area (TPSA) is 93.2 Å². The number of benzene rings is 2. The van der Waals surface area contributed by atoms with Crippen LogP contribution in [0.2, 0.25) is 0 Å².